The van der Waals surface area contributed by atoms with Crippen molar-refractivity contribution in [3.63, 3.8) is 0 Å². The Morgan fingerprint density at radius 3 is 2.35 bits per heavy atom. The molecule has 20 heavy (non-hydrogen) atoms. The number of benzene rings is 2. The van der Waals surface area contributed by atoms with E-state index in [9.17, 15) is 12.8 Å². The molecule has 0 atom stereocenters. The highest BCUT2D eigenvalue weighted by molar-refractivity contribution is 9.10. The maximum atomic E-state index is 12.8. The van der Waals surface area contributed by atoms with E-state index in [4.69, 9.17) is 5.14 Å². The summed E-state index contributed by atoms with van der Waals surface area (Å²) < 4.78 is 35.8. The van der Waals surface area contributed by atoms with Gasteiger partial charge in [0.15, 0.2) is 0 Å². The van der Waals surface area contributed by atoms with Gasteiger partial charge in [0, 0.05) is 16.7 Å². The molecule has 0 bridgehead atoms. The number of nitrogens with two attached hydrogens (primary N) is 1. The number of halogens is 2. The predicted molar refractivity (Wildman–Crippen MR) is 79.2 cm³/mol. The molecule has 0 amide bonds. The molecule has 0 radical (unpaired) electrons. The molecule has 2 aromatic carbocycles. The number of rotatable bonds is 4. The summed E-state index contributed by atoms with van der Waals surface area (Å²) in [4.78, 5) is 0.0386. The van der Waals surface area contributed by atoms with Crippen molar-refractivity contribution in [2.75, 3.05) is 5.32 Å². The Kier molecular flexibility index (Phi) is 4.42. The zero-order valence-electron chi connectivity index (χ0n) is 10.3. The van der Waals surface area contributed by atoms with Crippen LogP contribution in [-0.2, 0) is 16.6 Å². The normalized spacial score (nSPS) is 11.3. The molecule has 0 aliphatic heterocycles. The van der Waals surface area contributed by atoms with Crippen molar-refractivity contribution < 1.29 is 12.8 Å². The number of anilines is 1. The Bertz CT molecular complexity index is 718. The molecule has 0 aliphatic rings. The van der Waals surface area contributed by atoms with Crippen molar-refractivity contribution in [2.45, 2.75) is 11.4 Å². The van der Waals surface area contributed by atoms with Crippen molar-refractivity contribution in [3.05, 3.63) is 58.3 Å². The molecule has 2 aromatic rings. The molecule has 0 unspecified atom stereocenters. The van der Waals surface area contributed by atoms with Gasteiger partial charge in [0.25, 0.3) is 0 Å². The zero-order valence-corrected chi connectivity index (χ0v) is 12.7. The third-order valence-electron chi connectivity index (χ3n) is 2.67. The van der Waals surface area contributed by atoms with Gasteiger partial charge in [-0.25, -0.2) is 17.9 Å². The predicted octanol–water partition coefficient (Wildman–Crippen LogP) is 2.85. The number of primary sulfonamides is 1. The van der Waals surface area contributed by atoms with Crippen molar-refractivity contribution in [2.24, 2.45) is 5.14 Å². The zero-order chi connectivity index (χ0) is 14.8. The molecule has 2 rings (SSSR count). The van der Waals surface area contributed by atoms with Gasteiger partial charge in [0.1, 0.15) is 5.82 Å². The summed E-state index contributed by atoms with van der Waals surface area (Å²) in [5.74, 6) is -0.285. The Hall–Kier alpha value is -1.44. The minimum atomic E-state index is -3.71. The molecule has 0 spiro atoms. The Morgan fingerprint density at radius 2 is 1.80 bits per heavy atom. The summed E-state index contributed by atoms with van der Waals surface area (Å²) >= 11 is 3.28. The fraction of sp³-hybridized carbons (Fsp3) is 0.0769. The van der Waals surface area contributed by atoms with Crippen molar-refractivity contribution >= 4 is 31.6 Å². The first-order valence-electron chi connectivity index (χ1n) is 5.67. The van der Waals surface area contributed by atoms with Crippen LogP contribution in [0.3, 0.4) is 0 Å². The van der Waals surface area contributed by atoms with Gasteiger partial charge in [-0.15, -0.1) is 0 Å². The Morgan fingerprint density at radius 1 is 1.15 bits per heavy atom. The van der Waals surface area contributed by atoms with E-state index in [2.05, 4.69) is 21.2 Å². The van der Waals surface area contributed by atoms with Crippen LogP contribution in [-0.4, -0.2) is 8.42 Å². The summed E-state index contributed by atoms with van der Waals surface area (Å²) in [7, 11) is -3.71. The van der Waals surface area contributed by atoms with Gasteiger partial charge in [0.2, 0.25) is 10.0 Å². The van der Waals surface area contributed by atoms with E-state index in [1.807, 2.05) is 0 Å². The second-order valence-electron chi connectivity index (χ2n) is 4.17. The van der Waals surface area contributed by atoms with E-state index >= 15 is 0 Å². The summed E-state index contributed by atoms with van der Waals surface area (Å²) in [6.45, 7) is 0.494. The van der Waals surface area contributed by atoms with Crippen molar-refractivity contribution in [1.29, 1.82) is 0 Å². The summed E-state index contributed by atoms with van der Waals surface area (Å²) in [5.41, 5.74) is 1.63. The lowest BCUT2D eigenvalue weighted by Crippen LogP contribution is -2.12. The molecule has 0 saturated heterocycles. The molecule has 106 valence electrons. The topological polar surface area (TPSA) is 72.2 Å². The average Bonchev–Trinajstić information content (AvgIpc) is 2.38. The van der Waals surface area contributed by atoms with Gasteiger partial charge in [-0.05, 0) is 51.8 Å². The fourth-order valence-corrected chi connectivity index (χ4v) is 2.83. The first-order valence-corrected chi connectivity index (χ1v) is 8.01. The summed E-state index contributed by atoms with van der Waals surface area (Å²) in [5, 5.41) is 8.17. The molecular weight excluding hydrogens is 347 g/mol. The van der Waals surface area contributed by atoms with Gasteiger partial charge in [0.05, 0.1) is 4.90 Å². The summed E-state index contributed by atoms with van der Waals surface area (Å²) in [6, 6.07) is 10.6. The fourth-order valence-electron chi connectivity index (χ4n) is 1.62. The number of nitrogens with one attached hydrogen (secondary N) is 1. The van der Waals surface area contributed by atoms with Gasteiger partial charge >= 0.3 is 0 Å². The van der Waals surface area contributed by atoms with Crippen LogP contribution < -0.4 is 10.5 Å². The van der Waals surface area contributed by atoms with Gasteiger partial charge in [-0.1, -0.05) is 12.1 Å². The molecular formula is C13H12BrFN2O2S. The number of hydrogen-bond acceptors (Lipinski definition) is 3. The maximum Gasteiger partial charge on any atom is 0.238 e. The van der Waals surface area contributed by atoms with Crippen molar-refractivity contribution in [3.8, 4) is 0 Å². The van der Waals surface area contributed by atoms with Crippen molar-refractivity contribution in [1.82, 2.24) is 0 Å². The van der Waals surface area contributed by atoms with Gasteiger partial charge in [-0.3, -0.25) is 0 Å². The van der Waals surface area contributed by atoms with Crippen LogP contribution in [0.4, 0.5) is 10.1 Å². The van der Waals surface area contributed by atoms with E-state index < -0.39 is 10.0 Å². The van der Waals surface area contributed by atoms with Crippen LogP contribution in [0.15, 0.2) is 51.8 Å². The van der Waals surface area contributed by atoms with Gasteiger partial charge < -0.3 is 5.32 Å². The van der Waals surface area contributed by atoms with E-state index in [1.165, 1.54) is 24.3 Å². The van der Waals surface area contributed by atoms with Crippen LogP contribution in [0, 0.1) is 5.82 Å². The highest BCUT2D eigenvalue weighted by Gasteiger charge is 2.10. The minimum Gasteiger partial charge on any atom is -0.380 e. The van der Waals surface area contributed by atoms with E-state index in [0.29, 0.717) is 11.0 Å². The quantitative estimate of drug-likeness (QED) is 0.882. The highest BCUT2D eigenvalue weighted by atomic mass is 79.9. The Balaban J connectivity index is 2.12. The molecule has 3 N–H and O–H groups in total. The molecule has 4 nitrogen and oxygen atoms in total. The third-order valence-corrected chi connectivity index (χ3v) is 4.23. The van der Waals surface area contributed by atoms with Crippen LogP contribution in [0.25, 0.3) is 0 Å². The lowest BCUT2D eigenvalue weighted by molar-refractivity contribution is 0.597. The smallest absolute Gasteiger partial charge is 0.238 e. The van der Waals surface area contributed by atoms with Crippen LogP contribution in [0.2, 0.25) is 0 Å². The second kappa shape index (κ2) is 5.90. The first kappa shape index (κ1) is 15.0. The molecule has 0 aliphatic carbocycles. The monoisotopic (exact) mass is 358 g/mol. The lowest BCUT2D eigenvalue weighted by Gasteiger charge is -2.10. The number of hydrogen-bond donors (Lipinski definition) is 2. The van der Waals surface area contributed by atoms with Crippen LogP contribution >= 0.6 is 15.9 Å². The van der Waals surface area contributed by atoms with E-state index in [0.717, 1.165) is 11.3 Å². The van der Waals surface area contributed by atoms with E-state index in [1.54, 1.807) is 18.2 Å². The SMILES string of the molecule is NS(=O)(=O)c1ccc(NCc2ccc(F)cc2)c(Br)c1. The molecule has 7 heteroatoms. The standard InChI is InChI=1S/C13H12BrFN2O2S/c14-12-7-11(20(16,18)19)5-6-13(12)17-8-9-1-3-10(15)4-2-9/h1-7,17H,8H2,(H2,16,18,19). The van der Waals surface area contributed by atoms with Crippen LogP contribution in [0.5, 0.6) is 0 Å². The molecule has 0 aromatic heterocycles. The first-order chi connectivity index (χ1) is 9.36. The Labute approximate surface area is 125 Å². The minimum absolute atomic E-state index is 0.0386. The largest absolute Gasteiger partial charge is 0.380 e. The molecule has 0 saturated carbocycles. The lowest BCUT2D eigenvalue weighted by atomic mass is 10.2. The van der Waals surface area contributed by atoms with Gasteiger partial charge in [-0.2, -0.15) is 0 Å². The molecule has 0 heterocycles. The average molecular weight is 359 g/mol. The second-order valence-corrected chi connectivity index (χ2v) is 6.58. The molecule has 0 fully saturated rings. The number of sulfonamides is 1. The third kappa shape index (κ3) is 3.78. The van der Waals surface area contributed by atoms with Crippen LogP contribution in [0.1, 0.15) is 5.56 Å². The highest BCUT2D eigenvalue weighted by Crippen LogP contribution is 2.25. The maximum absolute atomic E-state index is 12.8. The van der Waals surface area contributed by atoms with E-state index in [-0.39, 0.29) is 10.7 Å². The summed E-state index contributed by atoms with van der Waals surface area (Å²) in [6.07, 6.45) is 0.